The summed E-state index contributed by atoms with van der Waals surface area (Å²) < 4.78 is 0. The van der Waals surface area contributed by atoms with Crippen molar-refractivity contribution in [2.45, 2.75) is 109 Å². The third kappa shape index (κ3) is 7.03. The fraction of sp³-hybridized carbons (Fsp3) is 0.815. The molecule has 4 N–H and O–H groups in total. The zero-order valence-electron chi connectivity index (χ0n) is 23.2. The quantitative estimate of drug-likeness (QED) is 0.307. The van der Waals surface area contributed by atoms with Crippen molar-refractivity contribution in [2.24, 2.45) is 11.8 Å². The molecule has 4 amide bonds. The molecule has 11 heteroatoms. The maximum atomic E-state index is 13.7. The molecule has 3 rings (SSSR count). The van der Waals surface area contributed by atoms with E-state index in [1.807, 2.05) is 27.7 Å². The highest BCUT2D eigenvalue weighted by atomic mass is 16.4. The fourth-order valence-corrected chi connectivity index (χ4v) is 5.78. The van der Waals surface area contributed by atoms with E-state index in [1.165, 1.54) is 4.90 Å². The molecule has 6 atom stereocenters. The van der Waals surface area contributed by atoms with Gasteiger partial charge in [0.15, 0.2) is 0 Å². The minimum absolute atomic E-state index is 0.158. The molecular formula is C27H45N5O6. The fourth-order valence-electron chi connectivity index (χ4n) is 5.78. The molecule has 0 aliphatic carbocycles. The van der Waals surface area contributed by atoms with E-state index >= 15 is 0 Å². The number of aliphatic carboxylic acids is 1. The maximum Gasteiger partial charge on any atom is 0.326 e. The van der Waals surface area contributed by atoms with Gasteiger partial charge in [-0.3, -0.25) is 19.2 Å². The number of amides is 4. The van der Waals surface area contributed by atoms with E-state index in [1.54, 1.807) is 4.90 Å². The third-order valence-corrected chi connectivity index (χ3v) is 8.13. The van der Waals surface area contributed by atoms with Crippen LogP contribution in [0, 0.1) is 11.8 Å². The summed E-state index contributed by atoms with van der Waals surface area (Å²) in [5.41, 5.74) is 0. The van der Waals surface area contributed by atoms with Gasteiger partial charge < -0.3 is 30.9 Å². The molecule has 3 aliphatic rings. The number of hydrogen-bond acceptors (Lipinski definition) is 6. The number of carboxylic acid groups (broad SMARTS) is 1. The summed E-state index contributed by atoms with van der Waals surface area (Å²) in [6, 6.07) is -3.54. The van der Waals surface area contributed by atoms with Crippen LogP contribution in [0.2, 0.25) is 0 Å². The molecule has 3 saturated heterocycles. The van der Waals surface area contributed by atoms with Crippen molar-refractivity contribution >= 4 is 29.6 Å². The molecule has 3 heterocycles. The summed E-state index contributed by atoms with van der Waals surface area (Å²) in [6.45, 7) is 9.27. The van der Waals surface area contributed by atoms with Crippen molar-refractivity contribution in [3.63, 3.8) is 0 Å². The number of carbonyl (C=O) groups excluding carboxylic acids is 4. The number of nitrogens with zero attached hydrogens (tertiary/aromatic N) is 2. The molecule has 38 heavy (non-hydrogen) atoms. The van der Waals surface area contributed by atoms with Gasteiger partial charge in [-0.05, 0) is 63.3 Å². The predicted molar refractivity (Wildman–Crippen MR) is 141 cm³/mol. The number of carbonyl (C=O) groups is 5. The second-order valence-electron chi connectivity index (χ2n) is 11.4. The summed E-state index contributed by atoms with van der Waals surface area (Å²) in [6.07, 6.45) is 4.83. The van der Waals surface area contributed by atoms with Gasteiger partial charge in [-0.1, -0.05) is 34.1 Å². The first kappa shape index (κ1) is 29.9. The Balaban J connectivity index is 1.73. The maximum absolute atomic E-state index is 13.7. The number of likely N-dealkylation sites (tertiary alicyclic amines) is 2. The lowest BCUT2D eigenvalue weighted by Gasteiger charge is -2.33. The standard InChI is InChI=1S/C27H45N5O6/c1-5-17(4)22(26(36)32-14-8-11-21(32)27(37)38)30-24(34)20-10-7-13-31(20)25(35)19(15-16(2)3)29-23(33)18-9-6-12-28-18/h16-22,28H,5-15H2,1-4H3,(H,29,33)(H,30,34)(H,37,38)/t17-,18+,19-,20-,21+,22-/m0/s1. The minimum atomic E-state index is -1.04. The number of hydrogen-bond donors (Lipinski definition) is 4. The van der Waals surface area contributed by atoms with Crippen LogP contribution in [-0.2, 0) is 24.0 Å². The highest BCUT2D eigenvalue weighted by Crippen LogP contribution is 2.24. The Bertz CT molecular complexity index is 889. The predicted octanol–water partition coefficient (Wildman–Crippen LogP) is 0.867. The lowest BCUT2D eigenvalue weighted by molar-refractivity contribution is -0.150. The first-order chi connectivity index (χ1) is 18.0. The van der Waals surface area contributed by atoms with Crippen LogP contribution < -0.4 is 16.0 Å². The lowest BCUT2D eigenvalue weighted by atomic mass is 9.96. The van der Waals surface area contributed by atoms with Crippen LogP contribution >= 0.6 is 0 Å². The normalized spacial score (nSPS) is 25.8. The number of nitrogens with one attached hydrogen (secondary N) is 3. The zero-order chi connectivity index (χ0) is 28.0. The van der Waals surface area contributed by atoms with Gasteiger partial charge in [-0.15, -0.1) is 0 Å². The average Bonchev–Trinajstić information content (AvgIpc) is 3.66. The van der Waals surface area contributed by atoms with Gasteiger partial charge >= 0.3 is 5.97 Å². The van der Waals surface area contributed by atoms with Crippen molar-refractivity contribution in [3.8, 4) is 0 Å². The Labute approximate surface area is 225 Å². The zero-order valence-corrected chi connectivity index (χ0v) is 23.2. The Morgan fingerprint density at radius 2 is 1.50 bits per heavy atom. The highest BCUT2D eigenvalue weighted by Gasteiger charge is 2.42. The van der Waals surface area contributed by atoms with E-state index in [0.717, 1.165) is 19.4 Å². The molecule has 0 spiro atoms. The second kappa shape index (κ2) is 13.4. The van der Waals surface area contributed by atoms with E-state index < -0.39 is 36.0 Å². The highest BCUT2D eigenvalue weighted by molar-refractivity contribution is 5.96. The van der Waals surface area contributed by atoms with Crippen molar-refractivity contribution in [3.05, 3.63) is 0 Å². The summed E-state index contributed by atoms with van der Waals surface area (Å²) in [7, 11) is 0. The van der Waals surface area contributed by atoms with Gasteiger partial charge in [-0.25, -0.2) is 4.79 Å². The smallest absolute Gasteiger partial charge is 0.326 e. The van der Waals surface area contributed by atoms with Crippen LogP contribution in [0.5, 0.6) is 0 Å². The van der Waals surface area contributed by atoms with Gasteiger partial charge in [0.2, 0.25) is 23.6 Å². The Morgan fingerprint density at radius 3 is 2.05 bits per heavy atom. The molecule has 0 unspecified atom stereocenters. The first-order valence-electron chi connectivity index (χ1n) is 14.2. The minimum Gasteiger partial charge on any atom is -0.480 e. The van der Waals surface area contributed by atoms with Gasteiger partial charge in [0.25, 0.3) is 0 Å². The molecule has 0 aromatic heterocycles. The van der Waals surface area contributed by atoms with Crippen LogP contribution in [0.15, 0.2) is 0 Å². The molecule has 0 saturated carbocycles. The molecule has 3 aliphatic heterocycles. The first-order valence-corrected chi connectivity index (χ1v) is 14.2. The summed E-state index contributed by atoms with van der Waals surface area (Å²) in [4.78, 5) is 67.9. The molecule has 0 aromatic carbocycles. The van der Waals surface area contributed by atoms with E-state index in [4.69, 9.17) is 0 Å². The van der Waals surface area contributed by atoms with E-state index in [9.17, 15) is 29.1 Å². The Morgan fingerprint density at radius 1 is 0.868 bits per heavy atom. The molecular weight excluding hydrogens is 490 g/mol. The van der Waals surface area contributed by atoms with Crippen LogP contribution in [0.1, 0.15) is 79.1 Å². The molecule has 0 aromatic rings. The Hall–Kier alpha value is -2.69. The monoisotopic (exact) mass is 535 g/mol. The van der Waals surface area contributed by atoms with Crippen molar-refractivity contribution in [1.29, 1.82) is 0 Å². The largest absolute Gasteiger partial charge is 0.480 e. The topological polar surface area (TPSA) is 148 Å². The van der Waals surface area contributed by atoms with E-state index in [2.05, 4.69) is 16.0 Å². The van der Waals surface area contributed by atoms with Gasteiger partial charge in [0.05, 0.1) is 6.04 Å². The molecule has 11 nitrogen and oxygen atoms in total. The number of rotatable bonds is 11. The van der Waals surface area contributed by atoms with Gasteiger partial charge in [-0.2, -0.15) is 0 Å². The van der Waals surface area contributed by atoms with Crippen molar-refractivity contribution in [1.82, 2.24) is 25.8 Å². The average molecular weight is 536 g/mol. The summed E-state index contributed by atoms with van der Waals surface area (Å²) in [5, 5.41) is 18.5. The summed E-state index contributed by atoms with van der Waals surface area (Å²) >= 11 is 0. The van der Waals surface area contributed by atoms with Crippen LogP contribution in [0.25, 0.3) is 0 Å². The SMILES string of the molecule is CC[C@H](C)[C@H](NC(=O)[C@@H]1CCCN1C(=O)[C@H](CC(C)C)NC(=O)[C@H]1CCCN1)C(=O)N1CCC[C@@H]1C(=O)O. The van der Waals surface area contributed by atoms with Crippen LogP contribution in [0.3, 0.4) is 0 Å². The molecule has 0 bridgehead atoms. The van der Waals surface area contributed by atoms with Gasteiger partial charge in [0.1, 0.15) is 24.2 Å². The molecule has 214 valence electrons. The van der Waals surface area contributed by atoms with E-state index in [-0.39, 0.29) is 35.6 Å². The van der Waals surface area contributed by atoms with Gasteiger partial charge in [0, 0.05) is 13.1 Å². The second-order valence-corrected chi connectivity index (χ2v) is 11.4. The third-order valence-electron chi connectivity index (χ3n) is 8.13. The molecule has 3 fully saturated rings. The van der Waals surface area contributed by atoms with E-state index in [0.29, 0.717) is 51.6 Å². The van der Waals surface area contributed by atoms with Crippen molar-refractivity contribution in [2.75, 3.05) is 19.6 Å². The van der Waals surface area contributed by atoms with Crippen molar-refractivity contribution < 1.29 is 29.1 Å². The number of carboxylic acids is 1. The van der Waals surface area contributed by atoms with Crippen LogP contribution in [0.4, 0.5) is 0 Å². The summed E-state index contributed by atoms with van der Waals surface area (Å²) in [5.74, 6) is -2.36. The van der Waals surface area contributed by atoms with Crippen LogP contribution in [-0.4, -0.2) is 94.3 Å². The lowest BCUT2D eigenvalue weighted by Crippen LogP contribution is -2.59. The molecule has 0 radical (unpaired) electrons. The Kier molecular flexibility index (Phi) is 10.5.